The summed E-state index contributed by atoms with van der Waals surface area (Å²) in [5.41, 5.74) is -0.309. The molecule has 2 rings (SSSR count). The number of nitrogens with zero attached hydrogens (tertiary/aromatic N) is 1. The number of carboxylic acid groups (broad SMARTS) is 1. The Morgan fingerprint density at radius 1 is 1.16 bits per heavy atom. The van der Waals surface area contributed by atoms with Crippen molar-refractivity contribution in [3.63, 3.8) is 0 Å². The lowest BCUT2D eigenvalue weighted by Crippen LogP contribution is -2.44. The van der Waals surface area contributed by atoms with E-state index in [-0.39, 0.29) is 17.0 Å². The zero-order valence-electron chi connectivity index (χ0n) is 9.59. The molecule has 0 bridgehead atoms. The quantitative estimate of drug-likeness (QED) is 0.859. The third kappa shape index (κ3) is 2.69. The second kappa shape index (κ2) is 4.56. The first-order valence-corrected chi connectivity index (χ1v) is 5.51. The molecule has 0 heterocycles. The van der Waals surface area contributed by atoms with Crippen molar-refractivity contribution in [2.24, 2.45) is 11.8 Å². The molecule has 1 aromatic carbocycles. The Labute approximate surface area is 106 Å². The molecule has 1 aliphatic rings. The monoisotopic (exact) mass is 273 g/mol. The van der Waals surface area contributed by atoms with Gasteiger partial charge in [-0.05, 0) is 18.6 Å². The van der Waals surface area contributed by atoms with Gasteiger partial charge in [-0.3, -0.25) is 9.59 Å². The fourth-order valence-corrected chi connectivity index (χ4v) is 1.88. The first kappa shape index (κ1) is 13.4. The first-order valence-electron chi connectivity index (χ1n) is 5.51. The average Bonchev–Trinajstić information content (AvgIpc) is 3.08. The van der Waals surface area contributed by atoms with Crippen molar-refractivity contribution in [3.05, 3.63) is 30.3 Å². The molecule has 0 spiro atoms. The smallest absolute Gasteiger partial charge is 0.481 e. The highest BCUT2D eigenvalue weighted by molar-refractivity contribution is 6.00. The summed E-state index contributed by atoms with van der Waals surface area (Å²) in [6.45, 7) is 0. The Kier molecular flexibility index (Phi) is 3.21. The van der Waals surface area contributed by atoms with E-state index in [4.69, 9.17) is 5.11 Å². The normalized spacial score (nSPS) is 21.8. The van der Waals surface area contributed by atoms with Crippen LogP contribution >= 0.6 is 0 Å². The summed E-state index contributed by atoms with van der Waals surface area (Å²) < 4.78 is 38.8. The highest BCUT2D eigenvalue weighted by Crippen LogP contribution is 2.43. The van der Waals surface area contributed by atoms with E-state index in [1.165, 1.54) is 18.2 Å². The number of rotatable bonds is 3. The minimum Gasteiger partial charge on any atom is -0.481 e. The molecule has 1 fully saturated rings. The van der Waals surface area contributed by atoms with E-state index in [1.54, 1.807) is 0 Å². The number of anilines is 1. The molecule has 0 aliphatic heterocycles. The first-order chi connectivity index (χ1) is 8.82. The summed E-state index contributed by atoms with van der Waals surface area (Å²) in [7, 11) is 0. The number of carbonyl (C=O) groups is 2. The number of halogens is 3. The highest BCUT2D eigenvalue weighted by atomic mass is 19.4. The van der Waals surface area contributed by atoms with Gasteiger partial charge in [-0.25, -0.2) is 4.90 Å². The molecular formula is C12H10F3NO3. The van der Waals surface area contributed by atoms with Gasteiger partial charge in [0.25, 0.3) is 0 Å². The predicted octanol–water partition coefficient (Wildman–Crippen LogP) is 2.26. The summed E-state index contributed by atoms with van der Waals surface area (Å²) in [6, 6.07) is 6.60. The Balaban J connectivity index is 2.26. The Bertz CT molecular complexity index is 501. The van der Waals surface area contributed by atoms with Gasteiger partial charge in [0.15, 0.2) is 0 Å². The minimum atomic E-state index is -4.87. The molecule has 2 atom stereocenters. The van der Waals surface area contributed by atoms with Gasteiger partial charge in [-0.2, -0.15) is 0 Å². The van der Waals surface area contributed by atoms with Crippen LogP contribution in [-0.4, -0.2) is 23.3 Å². The van der Waals surface area contributed by atoms with Crippen LogP contribution in [0.2, 0.25) is 0 Å². The maximum atomic E-state index is 12.9. The molecule has 2 unspecified atom stereocenters. The number of carbonyl (C=O) groups excluding carboxylic acids is 1. The van der Waals surface area contributed by atoms with Crippen molar-refractivity contribution < 1.29 is 27.9 Å². The van der Waals surface area contributed by atoms with Crippen molar-refractivity contribution in [3.8, 4) is 0 Å². The zero-order valence-corrected chi connectivity index (χ0v) is 9.59. The van der Waals surface area contributed by atoms with Gasteiger partial charge >= 0.3 is 12.3 Å². The lowest BCUT2D eigenvalue weighted by atomic mass is 10.2. The number of para-hydroxylation sites is 1. The number of benzene rings is 1. The van der Waals surface area contributed by atoms with Gasteiger partial charge in [0.2, 0.25) is 5.91 Å². The molecule has 19 heavy (non-hydrogen) atoms. The molecule has 1 N–H and O–H groups in total. The third-order valence-electron chi connectivity index (χ3n) is 2.91. The maximum Gasteiger partial charge on any atom is 0.491 e. The van der Waals surface area contributed by atoms with E-state index in [1.807, 2.05) is 0 Å². The van der Waals surface area contributed by atoms with Crippen LogP contribution in [0, 0.1) is 11.8 Å². The summed E-state index contributed by atoms with van der Waals surface area (Å²) in [5.74, 6) is -4.57. The fourth-order valence-electron chi connectivity index (χ4n) is 1.88. The van der Waals surface area contributed by atoms with Gasteiger partial charge in [-0.15, -0.1) is 13.2 Å². The second-order valence-electron chi connectivity index (χ2n) is 4.26. The molecule has 0 radical (unpaired) electrons. The van der Waals surface area contributed by atoms with Crippen LogP contribution in [0.1, 0.15) is 6.42 Å². The number of hydrogen-bond donors (Lipinski definition) is 1. The number of hydrogen-bond acceptors (Lipinski definition) is 2. The fraction of sp³-hybridized carbons (Fsp3) is 0.333. The van der Waals surface area contributed by atoms with Gasteiger partial charge in [-0.1, -0.05) is 18.2 Å². The SMILES string of the molecule is O=C(O)C1CC1C(=O)N(c1ccccc1)C(F)(F)F. The topological polar surface area (TPSA) is 57.6 Å². The molecule has 1 saturated carbocycles. The van der Waals surface area contributed by atoms with Crippen LogP contribution in [0.15, 0.2) is 30.3 Å². The average molecular weight is 273 g/mol. The van der Waals surface area contributed by atoms with E-state index in [0.29, 0.717) is 0 Å². The van der Waals surface area contributed by atoms with Crippen molar-refractivity contribution >= 4 is 17.6 Å². The maximum absolute atomic E-state index is 12.9. The van der Waals surface area contributed by atoms with E-state index < -0.39 is 30.0 Å². The van der Waals surface area contributed by atoms with Crippen LogP contribution < -0.4 is 4.90 Å². The summed E-state index contributed by atoms with van der Waals surface area (Å²) in [6.07, 6.45) is -4.92. The van der Waals surface area contributed by atoms with E-state index in [2.05, 4.69) is 0 Å². The molecule has 4 nitrogen and oxygen atoms in total. The van der Waals surface area contributed by atoms with Gasteiger partial charge < -0.3 is 5.11 Å². The molecule has 102 valence electrons. The molecule has 7 heteroatoms. The van der Waals surface area contributed by atoms with Gasteiger partial charge in [0, 0.05) is 0 Å². The molecule has 0 saturated heterocycles. The van der Waals surface area contributed by atoms with Crippen molar-refractivity contribution in [1.82, 2.24) is 0 Å². The van der Waals surface area contributed by atoms with E-state index in [0.717, 1.165) is 12.1 Å². The lowest BCUT2D eigenvalue weighted by Gasteiger charge is -2.25. The van der Waals surface area contributed by atoms with E-state index in [9.17, 15) is 22.8 Å². The lowest BCUT2D eigenvalue weighted by molar-refractivity contribution is -0.152. The number of amides is 1. The van der Waals surface area contributed by atoms with Gasteiger partial charge in [0.1, 0.15) is 0 Å². The number of aliphatic carboxylic acids is 1. The number of carboxylic acids is 1. The standard InChI is InChI=1S/C12H10F3NO3/c13-12(14,15)16(7-4-2-1-3-5-7)10(17)8-6-9(8)11(18)19/h1-5,8-9H,6H2,(H,18,19). The summed E-state index contributed by atoms with van der Waals surface area (Å²) in [4.78, 5) is 22.2. The summed E-state index contributed by atoms with van der Waals surface area (Å²) >= 11 is 0. The van der Waals surface area contributed by atoms with Gasteiger partial charge in [0.05, 0.1) is 17.5 Å². The van der Waals surface area contributed by atoms with Crippen molar-refractivity contribution in [2.45, 2.75) is 12.7 Å². The van der Waals surface area contributed by atoms with Crippen molar-refractivity contribution in [1.29, 1.82) is 0 Å². The Morgan fingerprint density at radius 3 is 2.16 bits per heavy atom. The van der Waals surface area contributed by atoms with Crippen LogP contribution in [0.25, 0.3) is 0 Å². The molecule has 0 aromatic heterocycles. The molecule has 1 amide bonds. The molecule has 1 aliphatic carbocycles. The van der Waals surface area contributed by atoms with Crippen LogP contribution in [0.5, 0.6) is 0 Å². The second-order valence-corrected chi connectivity index (χ2v) is 4.26. The minimum absolute atomic E-state index is 0.0480. The van der Waals surface area contributed by atoms with Crippen molar-refractivity contribution in [2.75, 3.05) is 4.90 Å². The van der Waals surface area contributed by atoms with Crippen LogP contribution in [-0.2, 0) is 9.59 Å². The zero-order chi connectivity index (χ0) is 14.2. The Hall–Kier alpha value is -2.05. The van der Waals surface area contributed by atoms with Crippen LogP contribution in [0.4, 0.5) is 18.9 Å². The number of alkyl halides is 3. The van der Waals surface area contributed by atoms with Crippen LogP contribution in [0.3, 0.4) is 0 Å². The van der Waals surface area contributed by atoms with E-state index >= 15 is 0 Å². The molecule has 1 aromatic rings. The highest BCUT2D eigenvalue weighted by Gasteiger charge is 2.54. The molecular weight excluding hydrogens is 263 g/mol. The predicted molar refractivity (Wildman–Crippen MR) is 59.2 cm³/mol. The third-order valence-corrected chi connectivity index (χ3v) is 2.91. The Morgan fingerprint density at radius 2 is 1.74 bits per heavy atom. The summed E-state index contributed by atoms with van der Waals surface area (Å²) in [5, 5.41) is 8.68. The largest absolute Gasteiger partial charge is 0.491 e.